The van der Waals surface area contributed by atoms with E-state index in [1.165, 1.54) is 0 Å². The van der Waals surface area contributed by atoms with Crippen molar-refractivity contribution in [3.05, 3.63) is 22.4 Å². The minimum Gasteiger partial charge on any atom is -0.386 e. The van der Waals surface area contributed by atoms with Gasteiger partial charge in [0.15, 0.2) is 17.7 Å². The second-order valence-corrected chi connectivity index (χ2v) is 11.9. The van der Waals surface area contributed by atoms with E-state index < -0.39 is 88.7 Å². The summed E-state index contributed by atoms with van der Waals surface area (Å²) in [6, 6.07) is 0. The van der Waals surface area contributed by atoms with E-state index in [9.17, 15) is 42.2 Å². The first-order valence-corrected chi connectivity index (χ1v) is 14.3. The van der Waals surface area contributed by atoms with Crippen LogP contribution in [0.25, 0.3) is 11.0 Å². The molecule has 23 heteroatoms. The minimum absolute atomic E-state index is 0.530. The van der Waals surface area contributed by atoms with Crippen LogP contribution in [0.15, 0.2) is 11.0 Å². The number of aliphatic hydroxyl groups is 1. The number of phosphoric ester groups is 1. The van der Waals surface area contributed by atoms with Crippen LogP contribution in [-0.2, 0) is 31.6 Å². The number of hydrogen-bond acceptors (Lipinski definition) is 11. The molecule has 0 amide bonds. The molecule has 38 heavy (non-hydrogen) atoms. The molecule has 17 nitrogen and oxygen atoms in total. The second-order valence-electron chi connectivity index (χ2n) is 7.54. The highest BCUT2D eigenvalue weighted by Crippen LogP contribution is 2.66. The zero-order valence-corrected chi connectivity index (χ0v) is 21.2. The second kappa shape index (κ2) is 10.5. The normalized spacial score (nSPS) is 27.9. The van der Waals surface area contributed by atoms with Crippen molar-refractivity contribution in [1.82, 2.24) is 14.5 Å². The van der Waals surface area contributed by atoms with Crippen LogP contribution in [-0.4, -0.2) is 69.9 Å². The topological polar surface area (TPSA) is 266 Å². The van der Waals surface area contributed by atoms with Crippen molar-refractivity contribution in [3.8, 4) is 11.8 Å². The molecule has 3 heterocycles. The number of aromatic amines is 1. The lowest BCUT2D eigenvalue weighted by Gasteiger charge is -2.25. The van der Waals surface area contributed by atoms with Crippen molar-refractivity contribution in [2.45, 2.75) is 37.1 Å². The molecular weight excluding hydrogens is 594 g/mol. The molecule has 0 spiro atoms. The molecule has 2 aromatic rings. The average molecular weight is 612 g/mol. The number of ether oxygens (including phenoxy) is 1. The molecule has 0 radical (unpaired) electrons. The molecule has 212 valence electrons. The molecule has 0 aliphatic carbocycles. The Morgan fingerprint density at radius 1 is 1.29 bits per heavy atom. The summed E-state index contributed by atoms with van der Waals surface area (Å²) in [4.78, 5) is 54.0. The van der Waals surface area contributed by atoms with E-state index in [0.29, 0.717) is 10.8 Å². The van der Waals surface area contributed by atoms with Crippen molar-refractivity contribution in [2.24, 2.45) is 0 Å². The standard InChI is InChI=1S/C15H18F3N4O13P3/c1-6(33-37(28,29)35-38(30,31)34-36(25,26)27)9-10(23)15(18,3-2-4-16)13(32-9)22-5-7(17)8-11(22)20-14(19)21-12(8)24/h5-6,9-10,13,23H,4H2,1H3,(H,28,29)(H,30,31)(H2,25,26,27)(H3,19,20,21,24)/t6-,9+,10-,13+,15?/m0/s1. The van der Waals surface area contributed by atoms with Gasteiger partial charge in [0.05, 0.1) is 6.10 Å². The number of nitrogens with one attached hydrogen (secondary N) is 1. The van der Waals surface area contributed by atoms with Gasteiger partial charge in [-0.1, -0.05) is 11.8 Å². The lowest BCUT2D eigenvalue weighted by molar-refractivity contribution is -0.0753. The van der Waals surface area contributed by atoms with Gasteiger partial charge in [0.2, 0.25) is 11.6 Å². The summed E-state index contributed by atoms with van der Waals surface area (Å²) in [5.41, 5.74) is 0.472. The number of nitrogens with two attached hydrogens (primary N) is 1. The van der Waals surface area contributed by atoms with Gasteiger partial charge in [-0.2, -0.15) is 13.6 Å². The molecular formula is C15H18F3N4O13P3. The fourth-order valence-electron chi connectivity index (χ4n) is 3.52. The number of halogens is 3. The van der Waals surface area contributed by atoms with E-state index >= 15 is 4.39 Å². The Balaban J connectivity index is 1.99. The highest BCUT2D eigenvalue weighted by Gasteiger charge is 2.60. The number of H-pyrrole nitrogens is 1. The van der Waals surface area contributed by atoms with Crippen molar-refractivity contribution < 1.29 is 69.4 Å². The van der Waals surface area contributed by atoms with Crippen LogP contribution >= 0.6 is 23.5 Å². The highest BCUT2D eigenvalue weighted by atomic mass is 31.3. The third-order valence-corrected chi connectivity index (χ3v) is 8.75. The molecule has 1 fully saturated rings. The molecule has 7 atom stereocenters. The van der Waals surface area contributed by atoms with E-state index in [-0.39, 0.29) is 0 Å². The predicted octanol–water partition coefficient (Wildman–Crippen LogP) is 0.117. The Labute approximate surface area is 208 Å². The van der Waals surface area contributed by atoms with Gasteiger partial charge in [0.25, 0.3) is 5.56 Å². The largest absolute Gasteiger partial charge is 0.490 e. The highest BCUT2D eigenvalue weighted by molar-refractivity contribution is 7.66. The van der Waals surface area contributed by atoms with Crippen molar-refractivity contribution in [3.63, 3.8) is 0 Å². The third-order valence-electron chi connectivity index (χ3n) is 4.82. The van der Waals surface area contributed by atoms with Crippen LogP contribution < -0.4 is 11.3 Å². The molecule has 8 N–H and O–H groups in total. The van der Waals surface area contributed by atoms with E-state index in [2.05, 4.69) is 18.1 Å². The number of rotatable bonds is 8. The lowest BCUT2D eigenvalue weighted by atomic mass is 9.94. The SMILES string of the molecule is C[C@H](OP(=O)(O)OP(=O)(O)OP(=O)(O)O)[C@H]1O[C@@H](n2cc(F)c3c(=O)[nH]c(N)nc32)C(F)(C#CCF)[C@H]1O. The van der Waals surface area contributed by atoms with E-state index in [1.54, 1.807) is 11.8 Å². The maximum Gasteiger partial charge on any atom is 0.490 e. The van der Waals surface area contributed by atoms with Gasteiger partial charge in [-0.25, -0.2) is 26.9 Å². The number of aliphatic hydroxyl groups excluding tert-OH is 1. The van der Waals surface area contributed by atoms with Gasteiger partial charge in [-0.15, -0.1) is 0 Å². The molecule has 3 unspecified atom stereocenters. The molecule has 1 aliphatic rings. The van der Waals surface area contributed by atoms with Gasteiger partial charge >= 0.3 is 23.5 Å². The third kappa shape index (κ3) is 6.37. The number of fused-ring (bicyclic) bond motifs is 1. The zero-order valence-electron chi connectivity index (χ0n) is 18.5. The average Bonchev–Trinajstić information content (AvgIpc) is 3.17. The van der Waals surface area contributed by atoms with Gasteiger partial charge < -0.3 is 35.2 Å². The predicted molar refractivity (Wildman–Crippen MR) is 117 cm³/mol. The quantitative estimate of drug-likeness (QED) is 0.154. The molecule has 3 rings (SSSR count). The van der Waals surface area contributed by atoms with E-state index in [1.807, 2.05) is 4.98 Å². The summed E-state index contributed by atoms with van der Waals surface area (Å²) >= 11 is 0. The first-order valence-electron chi connectivity index (χ1n) is 9.76. The summed E-state index contributed by atoms with van der Waals surface area (Å²) in [6.07, 6.45) is -8.15. The number of nitrogens with zero attached hydrogens (tertiary/aromatic N) is 2. The molecule has 2 aromatic heterocycles. The summed E-state index contributed by atoms with van der Waals surface area (Å²) in [6.45, 7) is -0.564. The zero-order chi connectivity index (χ0) is 28.8. The molecule has 0 saturated carbocycles. The first-order chi connectivity index (χ1) is 17.3. The number of nitrogen functional groups attached to an aromatic ring is 1. The molecule has 0 aromatic carbocycles. The Morgan fingerprint density at radius 2 is 1.92 bits per heavy atom. The summed E-state index contributed by atoms with van der Waals surface area (Å²) < 4.78 is 95.3. The molecule has 1 saturated heterocycles. The maximum absolute atomic E-state index is 16.1. The maximum atomic E-state index is 16.1. The Bertz CT molecular complexity index is 1500. The van der Waals surface area contributed by atoms with Crippen LogP contribution in [0.1, 0.15) is 13.2 Å². The van der Waals surface area contributed by atoms with Crippen LogP contribution in [0.2, 0.25) is 0 Å². The fraction of sp³-hybridized carbons (Fsp3) is 0.467. The van der Waals surface area contributed by atoms with Gasteiger partial charge in [0.1, 0.15) is 24.3 Å². The lowest BCUT2D eigenvalue weighted by Crippen LogP contribution is -2.44. The van der Waals surface area contributed by atoms with Crippen LogP contribution in [0.4, 0.5) is 19.1 Å². The van der Waals surface area contributed by atoms with E-state index in [4.69, 9.17) is 20.3 Å². The minimum atomic E-state index is -5.91. The van der Waals surface area contributed by atoms with Crippen LogP contribution in [0, 0.1) is 17.7 Å². The Morgan fingerprint density at radius 3 is 2.50 bits per heavy atom. The monoisotopic (exact) mass is 612 g/mol. The first kappa shape index (κ1) is 30.4. The smallest absolute Gasteiger partial charge is 0.386 e. The van der Waals surface area contributed by atoms with Gasteiger partial charge in [-0.05, 0) is 6.92 Å². The van der Waals surface area contributed by atoms with Crippen LogP contribution in [0.3, 0.4) is 0 Å². The number of alkyl halides is 2. The number of anilines is 1. The van der Waals surface area contributed by atoms with Crippen molar-refractivity contribution >= 4 is 40.4 Å². The Kier molecular flexibility index (Phi) is 8.39. The van der Waals surface area contributed by atoms with Crippen molar-refractivity contribution in [1.29, 1.82) is 0 Å². The Hall–Kier alpha value is -2.10. The van der Waals surface area contributed by atoms with Gasteiger partial charge in [-0.3, -0.25) is 18.9 Å². The number of phosphoric acid groups is 3. The van der Waals surface area contributed by atoms with Crippen molar-refractivity contribution in [2.75, 3.05) is 12.4 Å². The van der Waals surface area contributed by atoms with Gasteiger partial charge in [0, 0.05) is 6.20 Å². The summed E-state index contributed by atoms with van der Waals surface area (Å²) in [7, 11) is -17.4. The van der Waals surface area contributed by atoms with E-state index in [0.717, 1.165) is 6.92 Å². The fourth-order valence-corrected chi connectivity index (χ4v) is 6.72. The number of hydrogen-bond donors (Lipinski definition) is 7. The van der Waals surface area contributed by atoms with Crippen LogP contribution in [0.5, 0.6) is 0 Å². The summed E-state index contributed by atoms with van der Waals surface area (Å²) in [5, 5.41) is 9.93. The molecule has 0 bridgehead atoms. The molecule has 1 aliphatic heterocycles. The summed E-state index contributed by atoms with van der Waals surface area (Å²) in [5.74, 6) is 1.70. The number of aromatic nitrogens is 3.